The predicted molar refractivity (Wildman–Crippen MR) is 108 cm³/mol. The molecule has 0 fully saturated rings. The number of nitrogens with one attached hydrogen (secondary N) is 2. The number of rotatable bonds is 5. The fourth-order valence-corrected chi connectivity index (χ4v) is 4.29. The molecule has 1 amide bonds. The fraction of sp³-hybridized carbons (Fsp3) is 0.105. The van der Waals surface area contributed by atoms with Gasteiger partial charge in [0.05, 0.1) is 21.8 Å². The van der Waals surface area contributed by atoms with E-state index in [2.05, 4.69) is 15.3 Å². The summed E-state index contributed by atoms with van der Waals surface area (Å²) in [6.07, 6.45) is 0. The van der Waals surface area contributed by atoms with Gasteiger partial charge in [-0.05, 0) is 37.3 Å². The largest absolute Gasteiger partial charge is 0.417 e. The van der Waals surface area contributed by atoms with E-state index in [0.29, 0.717) is 28.1 Å². The van der Waals surface area contributed by atoms with E-state index in [1.54, 1.807) is 47.4 Å². The number of nitrogens with zero attached hydrogens (tertiary/aromatic N) is 1. The first-order valence-electron chi connectivity index (χ1n) is 8.15. The number of thioether (sulfide) groups is 1. The zero-order chi connectivity index (χ0) is 18.8. The van der Waals surface area contributed by atoms with Crippen molar-refractivity contribution in [3.63, 3.8) is 0 Å². The molecule has 8 heteroatoms. The fourth-order valence-electron chi connectivity index (χ4n) is 2.63. The number of carbonyl (C=O) groups excluding carboxylic acids is 1. The van der Waals surface area contributed by atoms with E-state index >= 15 is 0 Å². The lowest BCUT2D eigenvalue weighted by atomic mass is 10.2. The number of aromatic amines is 1. The summed E-state index contributed by atoms with van der Waals surface area (Å²) < 4.78 is 4.98. The molecule has 2 N–H and O–H groups in total. The molecule has 0 saturated heterocycles. The highest BCUT2D eigenvalue weighted by molar-refractivity contribution is 7.98. The summed E-state index contributed by atoms with van der Waals surface area (Å²) >= 11 is 3.20. The summed E-state index contributed by atoms with van der Waals surface area (Å²) in [5.74, 6) is -0.0260. The van der Waals surface area contributed by atoms with Crippen LogP contribution in [0.2, 0.25) is 0 Å². The average Bonchev–Trinajstić information content (AvgIpc) is 3.24. The summed E-state index contributed by atoms with van der Waals surface area (Å²) in [5.41, 5.74) is 3.17. The molecule has 0 unspecified atom stereocenters. The van der Waals surface area contributed by atoms with Crippen LogP contribution in [0.25, 0.3) is 11.1 Å². The van der Waals surface area contributed by atoms with Crippen LogP contribution in [-0.2, 0) is 5.75 Å². The Bertz CT molecular complexity index is 1180. The molecule has 6 nitrogen and oxygen atoms in total. The van der Waals surface area contributed by atoms with Crippen molar-refractivity contribution >= 4 is 45.8 Å². The summed E-state index contributed by atoms with van der Waals surface area (Å²) in [5, 5.41) is 5.94. The predicted octanol–water partition coefficient (Wildman–Crippen LogP) is 4.43. The number of aryl methyl sites for hydroxylation is 1. The molecule has 4 aromatic rings. The summed E-state index contributed by atoms with van der Waals surface area (Å²) in [4.78, 5) is 31.9. The van der Waals surface area contributed by atoms with Crippen molar-refractivity contribution in [2.45, 2.75) is 17.6 Å². The third kappa shape index (κ3) is 3.96. The van der Waals surface area contributed by atoms with Gasteiger partial charge in [-0.15, -0.1) is 23.1 Å². The number of thiazole rings is 1. The van der Waals surface area contributed by atoms with E-state index in [-0.39, 0.29) is 5.91 Å². The molecule has 0 aliphatic carbocycles. The Balaban J connectivity index is 1.53. The lowest BCUT2D eigenvalue weighted by molar-refractivity contribution is 0.102. The summed E-state index contributed by atoms with van der Waals surface area (Å²) in [6, 6.07) is 12.5. The van der Waals surface area contributed by atoms with Crippen LogP contribution in [0.1, 0.15) is 21.1 Å². The number of oxazole rings is 1. The van der Waals surface area contributed by atoms with Gasteiger partial charge in [0, 0.05) is 21.7 Å². The van der Waals surface area contributed by atoms with E-state index in [9.17, 15) is 9.59 Å². The van der Waals surface area contributed by atoms with Crippen LogP contribution in [0, 0.1) is 6.92 Å². The lowest BCUT2D eigenvalue weighted by Crippen LogP contribution is -2.13. The minimum Gasteiger partial charge on any atom is -0.408 e. The number of carbonyl (C=O) groups is 1. The zero-order valence-electron chi connectivity index (χ0n) is 14.3. The van der Waals surface area contributed by atoms with E-state index in [1.165, 1.54) is 0 Å². The third-order valence-electron chi connectivity index (χ3n) is 3.85. The number of hydrogen-bond acceptors (Lipinski definition) is 6. The molecular weight excluding hydrogens is 382 g/mol. The van der Waals surface area contributed by atoms with Gasteiger partial charge in [-0.2, -0.15) is 0 Å². The summed E-state index contributed by atoms with van der Waals surface area (Å²) in [6.45, 7) is 1.98. The molecule has 136 valence electrons. The highest BCUT2D eigenvalue weighted by atomic mass is 32.2. The Morgan fingerprint density at radius 1 is 1.30 bits per heavy atom. The number of benzene rings is 2. The normalized spacial score (nSPS) is 11.0. The second-order valence-electron chi connectivity index (χ2n) is 5.82. The molecule has 2 aromatic carbocycles. The zero-order valence-corrected chi connectivity index (χ0v) is 15.9. The topological polar surface area (TPSA) is 88.0 Å². The minimum absolute atomic E-state index is 0.210. The van der Waals surface area contributed by atoms with Crippen molar-refractivity contribution in [3.05, 3.63) is 74.7 Å². The first kappa shape index (κ1) is 17.6. The monoisotopic (exact) mass is 397 g/mol. The van der Waals surface area contributed by atoms with E-state index in [1.807, 2.05) is 30.5 Å². The molecule has 27 heavy (non-hydrogen) atoms. The van der Waals surface area contributed by atoms with Gasteiger partial charge < -0.3 is 9.73 Å². The maximum absolute atomic E-state index is 12.8. The molecule has 2 aromatic heterocycles. The molecule has 0 atom stereocenters. The quantitative estimate of drug-likeness (QED) is 0.486. The smallest absolute Gasteiger partial charge is 0.408 e. The SMILES string of the molecule is Cc1nc(CSc2ccccc2C(=O)Nc2ccc3oc(=O)[nH]c3c2)cs1. The van der Waals surface area contributed by atoms with Gasteiger partial charge in [-0.25, -0.2) is 9.78 Å². The lowest BCUT2D eigenvalue weighted by Gasteiger charge is -2.09. The van der Waals surface area contributed by atoms with Gasteiger partial charge in [-0.1, -0.05) is 12.1 Å². The van der Waals surface area contributed by atoms with E-state index in [4.69, 9.17) is 4.42 Å². The van der Waals surface area contributed by atoms with Crippen molar-refractivity contribution in [1.29, 1.82) is 0 Å². The van der Waals surface area contributed by atoms with Crippen LogP contribution < -0.4 is 11.1 Å². The van der Waals surface area contributed by atoms with Crippen LogP contribution in [0.5, 0.6) is 0 Å². The van der Waals surface area contributed by atoms with Crippen molar-refractivity contribution in [1.82, 2.24) is 9.97 Å². The average molecular weight is 397 g/mol. The molecule has 0 aliphatic heterocycles. The molecule has 4 rings (SSSR count). The number of aromatic nitrogens is 2. The second-order valence-corrected chi connectivity index (χ2v) is 7.90. The first-order valence-corrected chi connectivity index (χ1v) is 10.0. The first-order chi connectivity index (χ1) is 13.1. The van der Waals surface area contributed by atoms with Gasteiger partial charge in [0.25, 0.3) is 5.91 Å². The number of anilines is 1. The third-order valence-corrected chi connectivity index (χ3v) is 5.78. The van der Waals surface area contributed by atoms with Crippen molar-refractivity contribution in [2.75, 3.05) is 5.32 Å². The Morgan fingerprint density at radius 2 is 2.15 bits per heavy atom. The second kappa shape index (κ2) is 7.42. The molecule has 0 spiro atoms. The van der Waals surface area contributed by atoms with Crippen molar-refractivity contribution < 1.29 is 9.21 Å². The molecule has 0 aliphatic rings. The number of hydrogen-bond donors (Lipinski definition) is 2. The van der Waals surface area contributed by atoms with E-state index < -0.39 is 5.76 Å². The molecule has 2 heterocycles. The Hall–Kier alpha value is -2.84. The minimum atomic E-state index is -0.521. The molecular formula is C19H15N3O3S2. The Kier molecular flexibility index (Phi) is 4.83. The highest BCUT2D eigenvalue weighted by Crippen LogP contribution is 2.27. The number of amides is 1. The van der Waals surface area contributed by atoms with Gasteiger partial charge in [0.1, 0.15) is 0 Å². The van der Waals surface area contributed by atoms with E-state index in [0.717, 1.165) is 15.6 Å². The van der Waals surface area contributed by atoms with Crippen LogP contribution in [0.4, 0.5) is 5.69 Å². The Morgan fingerprint density at radius 3 is 2.96 bits per heavy atom. The van der Waals surface area contributed by atoms with Crippen LogP contribution >= 0.6 is 23.1 Å². The van der Waals surface area contributed by atoms with Crippen LogP contribution in [0.15, 0.2) is 62.0 Å². The van der Waals surface area contributed by atoms with Gasteiger partial charge in [-0.3, -0.25) is 9.78 Å². The van der Waals surface area contributed by atoms with Crippen LogP contribution in [0.3, 0.4) is 0 Å². The van der Waals surface area contributed by atoms with Crippen molar-refractivity contribution in [3.8, 4) is 0 Å². The van der Waals surface area contributed by atoms with Crippen LogP contribution in [-0.4, -0.2) is 15.9 Å². The molecule has 0 saturated carbocycles. The Labute approximate surface area is 162 Å². The molecule has 0 radical (unpaired) electrons. The van der Waals surface area contributed by atoms with Gasteiger partial charge >= 0.3 is 5.76 Å². The van der Waals surface area contributed by atoms with Crippen molar-refractivity contribution in [2.24, 2.45) is 0 Å². The van der Waals surface area contributed by atoms with Gasteiger partial charge in [0.15, 0.2) is 5.58 Å². The standard InChI is InChI=1S/C19H15N3O3S2/c1-11-20-13(9-26-11)10-27-17-5-3-2-4-14(17)18(23)21-12-6-7-16-15(8-12)22-19(24)25-16/h2-9H,10H2,1H3,(H,21,23)(H,22,24). The highest BCUT2D eigenvalue weighted by Gasteiger charge is 2.13. The summed E-state index contributed by atoms with van der Waals surface area (Å²) in [7, 11) is 0. The number of fused-ring (bicyclic) bond motifs is 1. The van der Waals surface area contributed by atoms with Gasteiger partial charge in [0.2, 0.25) is 0 Å². The molecule has 0 bridgehead atoms. The maximum Gasteiger partial charge on any atom is 0.417 e. The maximum atomic E-state index is 12.8. The number of H-pyrrole nitrogens is 1.